The number of ether oxygens (including phenoxy) is 4. The molecule has 2 aliphatic rings. The summed E-state index contributed by atoms with van der Waals surface area (Å²) in [6.45, 7) is 1.96. The number of rotatable bonds is 9. The predicted octanol–water partition coefficient (Wildman–Crippen LogP) is -0.764. The summed E-state index contributed by atoms with van der Waals surface area (Å²) >= 11 is 0. The van der Waals surface area contributed by atoms with Crippen LogP contribution in [0.1, 0.15) is 12.8 Å². The fourth-order valence-corrected chi connectivity index (χ4v) is 1.26. The van der Waals surface area contributed by atoms with Crippen LogP contribution in [0.15, 0.2) is 0 Å². The SMILES string of the molecule is OCCCC(O)(OCC1CO1)OCC1CO1. The number of aliphatic hydroxyl groups excluding tert-OH is 1. The highest BCUT2D eigenvalue weighted by molar-refractivity contribution is 4.71. The molecule has 2 aliphatic heterocycles. The average molecular weight is 234 g/mol. The zero-order valence-corrected chi connectivity index (χ0v) is 9.13. The van der Waals surface area contributed by atoms with Crippen molar-refractivity contribution in [2.45, 2.75) is 31.0 Å². The maximum atomic E-state index is 10.0. The molecule has 0 bridgehead atoms. The molecule has 6 heteroatoms. The molecular weight excluding hydrogens is 216 g/mol. The van der Waals surface area contributed by atoms with Crippen LogP contribution in [0.4, 0.5) is 0 Å². The molecule has 2 heterocycles. The van der Waals surface area contributed by atoms with Crippen molar-refractivity contribution in [3.63, 3.8) is 0 Å². The normalized spacial score (nSPS) is 31.1. The Morgan fingerprint density at radius 2 is 1.62 bits per heavy atom. The van der Waals surface area contributed by atoms with Gasteiger partial charge in [-0.1, -0.05) is 0 Å². The number of hydrogen-bond acceptors (Lipinski definition) is 6. The van der Waals surface area contributed by atoms with E-state index in [-0.39, 0.29) is 25.2 Å². The summed E-state index contributed by atoms with van der Waals surface area (Å²) in [5.41, 5.74) is 0. The first-order chi connectivity index (χ1) is 7.72. The van der Waals surface area contributed by atoms with Crippen molar-refractivity contribution < 1.29 is 29.2 Å². The van der Waals surface area contributed by atoms with E-state index in [0.717, 1.165) is 0 Å². The van der Waals surface area contributed by atoms with Crippen LogP contribution >= 0.6 is 0 Å². The summed E-state index contributed by atoms with van der Waals surface area (Å²) in [6.07, 6.45) is 0.805. The number of aliphatic hydroxyl groups is 2. The molecule has 0 amide bonds. The van der Waals surface area contributed by atoms with Crippen molar-refractivity contribution in [3.8, 4) is 0 Å². The maximum absolute atomic E-state index is 10.0. The van der Waals surface area contributed by atoms with E-state index >= 15 is 0 Å². The highest BCUT2D eigenvalue weighted by Crippen LogP contribution is 2.22. The zero-order valence-electron chi connectivity index (χ0n) is 9.13. The summed E-state index contributed by atoms with van der Waals surface area (Å²) in [5, 5.41) is 18.8. The highest BCUT2D eigenvalue weighted by Gasteiger charge is 2.35. The van der Waals surface area contributed by atoms with Gasteiger partial charge in [0.2, 0.25) is 0 Å². The second-order valence-electron chi connectivity index (χ2n) is 4.07. The van der Waals surface area contributed by atoms with Crippen LogP contribution in [0.2, 0.25) is 0 Å². The predicted molar refractivity (Wildman–Crippen MR) is 52.7 cm³/mol. The summed E-state index contributed by atoms with van der Waals surface area (Å²) in [4.78, 5) is 0. The minimum atomic E-state index is -1.62. The van der Waals surface area contributed by atoms with Gasteiger partial charge in [-0.3, -0.25) is 0 Å². The van der Waals surface area contributed by atoms with Crippen LogP contribution in [-0.2, 0) is 18.9 Å². The second-order valence-corrected chi connectivity index (χ2v) is 4.07. The molecule has 2 atom stereocenters. The van der Waals surface area contributed by atoms with Gasteiger partial charge in [0.1, 0.15) is 12.2 Å². The molecule has 0 spiro atoms. The Labute approximate surface area is 94.1 Å². The number of epoxide rings is 2. The van der Waals surface area contributed by atoms with E-state index in [2.05, 4.69) is 0 Å². The third-order valence-corrected chi connectivity index (χ3v) is 2.45. The number of hydrogen-bond donors (Lipinski definition) is 2. The molecule has 2 unspecified atom stereocenters. The second kappa shape index (κ2) is 5.39. The van der Waals surface area contributed by atoms with E-state index in [1.54, 1.807) is 0 Å². The molecule has 0 aromatic rings. The Hall–Kier alpha value is -0.240. The first-order valence-electron chi connectivity index (χ1n) is 5.56. The molecule has 0 saturated carbocycles. The van der Waals surface area contributed by atoms with Gasteiger partial charge in [0.25, 0.3) is 5.97 Å². The van der Waals surface area contributed by atoms with Gasteiger partial charge in [-0.15, -0.1) is 0 Å². The third kappa shape index (κ3) is 4.32. The van der Waals surface area contributed by atoms with Crippen LogP contribution in [0, 0.1) is 0 Å². The first kappa shape index (κ1) is 12.2. The molecule has 0 radical (unpaired) electrons. The van der Waals surface area contributed by atoms with Crippen LogP contribution in [0.25, 0.3) is 0 Å². The van der Waals surface area contributed by atoms with Crippen molar-refractivity contribution in [2.75, 3.05) is 33.0 Å². The molecule has 2 rings (SSSR count). The smallest absolute Gasteiger partial charge is 0.280 e. The molecule has 2 N–H and O–H groups in total. The Morgan fingerprint density at radius 3 is 2.00 bits per heavy atom. The van der Waals surface area contributed by atoms with E-state index in [4.69, 9.17) is 24.1 Å². The topological polar surface area (TPSA) is 84.0 Å². The van der Waals surface area contributed by atoms with Gasteiger partial charge >= 0.3 is 0 Å². The largest absolute Gasteiger partial charge is 0.396 e. The van der Waals surface area contributed by atoms with Gasteiger partial charge in [-0.05, 0) is 6.42 Å². The van der Waals surface area contributed by atoms with Gasteiger partial charge in [-0.2, -0.15) is 0 Å². The summed E-state index contributed by atoms with van der Waals surface area (Å²) in [6, 6.07) is 0. The van der Waals surface area contributed by atoms with Crippen molar-refractivity contribution in [1.29, 1.82) is 0 Å². The van der Waals surface area contributed by atoms with Crippen LogP contribution in [0.5, 0.6) is 0 Å². The maximum Gasteiger partial charge on any atom is 0.280 e. The van der Waals surface area contributed by atoms with Crippen LogP contribution in [-0.4, -0.2) is 61.4 Å². The van der Waals surface area contributed by atoms with E-state index < -0.39 is 5.97 Å². The lowest BCUT2D eigenvalue weighted by Gasteiger charge is -2.27. The molecule has 94 valence electrons. The zero-order chi connectivity index (χ0) is 11.4. The Bertz CT molecular complexity index is 197. The molecule has 16 heavy (non-hydrogen) atoms. The van der Waals surface area contributed by atoms with E-state index in [1.165, 1.54) is 0 Å². The van der Waals surface area contributed by atoms with E-state index in [9.17, 15) is 5.11 Å². The fourth-order valence-electron chi connectivity index (χ4n) is 1.26. The lowest BCUT2D eigenvalue weighted by molar-refractivity contribution is -0.365. The summed E-state index contributed by atoms with van der Waals surface area (Å²) in [5.74, 6) is -1.62. The lowest BCUT2D eigenvalue weighted by atomic mass is 10.3. The minimum Gasteiger partial charge on any atom is -0.396 e. The van der Waals surface area contributed by atoms with Gasteiger partial charge < -0.3 is 29.2 Å². The van der Waals surface area contributed by atoms with Gasteiger partial charge in [0.15, 0.2) is 0 Å². The monoisotopic (exact) mass is 234 g/mol. The highest BCUT2D eigenvalue weighted by atomic mass is 16.8. The third-order valence-electron chi connectivity index (χ3n) is 2.45. The first-order valence-corrected chi connectivity index (χ1v) is 5.56. The van der Waals surface area contributed by atoms with Gasteiger partial charge in [0, 0.05) is 13.0 Å². The van der Waals surface area contributed by atoms with Crippen LogP contribution in [0.3, 0.4) is 0 Å². The average Bonchev–Trinajstić information content (AvgIpc) is 3.16. The molecular formula is C10H18O6. The van der Waals surface area contributed by atoms with E-state index in [1.807, 2.05) is 0 Å². The Morgan fingerprint density at radius 1 is 1.12 bits per heavy atom. The molecule has 0 aliphatic carbocycles. The molecule has 2 fully saturated rings. The van der Waals surface area contributed by atoms with Gasteiger partial charge in [0.05, 0.1) is 26.4 Å². The quantitative estimate of drug-likeness (QED) is 0.403. The minimum absolute atomic E-state index is 0.00507. The summed E-state index contributed by atoms with van der Waals surface area (Å²) < 4.78 is 20.5. The standard InChI is InChI=1S/C10H18O6/c11-3-1-2-10(12,15-6-8-4-13-8)16-7-9-5-14-9/h8-9,11-12H,1-7H2. The molecule has 0 aromatic heterocycles. The molecule has 6 nitrogen and oxygen atoms in total. The van der Waals surface area contributed by atoms with Crippen LogP contribution < -0.4 is 0 Å². The Balaban J connectivity index is 1.71. The summed E-state index contributed by atoms with van der Waals surface area (Å²) in [7, 11) is 0. The van der Waals surface area contributed by atoms with Crippen molar-refractivity contribution >= 4 is 0 Å². The van der Waals surface area contributed by atoms with E-state index in [0.29, 0.717) is 32.8 Å². The molecule has 2 saturated heterocycles. The van der Waals surface area contributed by atoms with Gasteiger partial charge in [-0.25, -0.2) is 0 Å². The Kier molecular flexibility index (Phi) is 4.12. The van der Waals surface area contributed by atoms with Crippen molar-refractivity contribution in [1.82, 2.24) is 0 Å². The van der Waals surface area contributed by atoms with Crippen molar-refractivity contribution in [2.24, 2.45) is 0 Å². The lowest BCUT2D eigenvalue weighted by Crippen LogP contribution is -2.38. The fraction of sp³-hybridized carbons (Fsp3) is 1.00. The molecule has 0 aromatic carbocycles. The van der Waals surface area contributed by atoms with Crippen molar-refractivity contribution in [3.05, 3.63) is 0 Å².